The summed E-state index contributed by atoms with van der Waals surface area (Å²) in [5.41, 5.74) is -1.75. The number of nitrogens with one attached hydrogen (secondary N) is 1. The van der Waals surface area contributed by atoms with Crippen molar-refractivity contribution in [3.8, 4) is 0 Å². The first-order valence-corrected chi connectivity index (χ1v) is 6.10. The second-order valence-electron chi connectivity index (χ2n) is 4.68. The molecule has 1 atom stereocenters. The zero-order valence-electron chi connectivity index (χ0n) is 10.8. The standard InChI is InChI=1S/C12H14F3N3O2/c1-16-8-4-5-17(7-8)9-2-3-11(18(19)20)10(6-9)12(13,14)15/h2-3,6,8,16H,4-5,7H2,1H3. The van der Waals surface area contributed by atoms with Crippen LogP contribution in [-0.2, 0) is 6.18 Å². The lowest BCUT2D eigenvalue weighted by Crippen LogP contribution is -2.29. The smallest absolute Gasteiger partial charge is 0.370 e. The van der Waals surface area contributed by atoms with Crippen molar-refractivity contribution in [1.29, 1.82) is 0 Å². The molecule has 1 aliphatic rings. The molecule has 0 spiro atoms. The topological polar surface area (TPSA) is 58.4 Å². The monoisotopic (exact) mass is 289 g/mol. The zero-order valence-corrected chi connectivity index (χ0v) is 10.8. The van der Waals surface area contributed by atoms with Crippen molar-refractivity contribution < 1.29 is 18.1 Å². The molecule has 1 fully saturated rings. The molecule has 0 bridgehead atoms. The van der Waals surface area contributed by atoms with E-state index in [1.165, 1.54) is 6.07 Å². The summed E-state index contributed by atoms with van der Waals surface area (Å²) in [5, 5.41) is 13.7. The molecule has 0 amide bonds. The summed E-state index contributed by atoms with van der Waals surface area (Å²) in [7, 11) is 1.80. The number of nitro groups is 1. The first-order valence-electron chi connectivity index (χ1n) is 6.10. The van der Waals surface area contributed by atoms with Crippen LogP contribution in [0.3, 0.4) is 0 Å². The lowest BCUT2D eigenvalue weighted by molar-refractivity contribution is -0.388. The normalized spacial score (nSPS) is 19.4. The van der Waals surface area contributed by atoms with Crippen LogP contribution in [0.1, 0.15) is 12.0 Å². The van der Waals surface area contributed by atoms with Gasteiger partial charge in [-0.05, 0) is 25.6 Å². The van der Waals surface area contributed by atoms with Gasteiger partial charge in [-0.25, -0.2) is 0 Å². The van der Waals surface area contributed by atoms with E-state index in [0.717, 1.165) is 18.6 Å². The molecular formula is C12H14F3N3O2. The van der Waals surface area contributed by atoms with E-state index in [4.69, 9.17) is 0 Å². The van der Waals surface area contributed by atoms with Gasteiger partial charge in [0.25, 0.3) is 5.69 Å². The number of hydrogen-bond acceptors (Lipinski definition) is 4. The summed E-state index contributed by atoms with van der Waals surface area (Å²) in [6.45, 7) is 1.21. The van der Waals surface area contributed by atoms with Gasteiger partial charge in [-0.15, -0.1) is 0 Å². The second-order valence-corrected chi connectivity index (χ2v) is 4.68. The summed E-state index contributed by atoms with van der Waals surface area (Å²) in [5.74, 6) is 0. The maximum absolute atomic E-state index is 12.9. The summed E-state index contributed by atoms with van der Waals surface area (Å²) in [6.07, 6.45) is -3.91. The molecule has 110 valence electrons. The second kappa shape index (κ2) is 5.28. The van der Waals surface area contributed by atoms with Crippen LogP contribution in [0.4, 0.5) is 24.5 Å². The quantitative estimate of drug-likeness (QED) is 0.686. The molecule has 1 heterocycles. The maximum Gasteiger partial charge on any atom is 0.423 e. The van der Waals surface area contributed by atoms with Gasteiger partial charge in [0.05, 0.1) is 4.92 Å². The molecule has 1 aromatic carbocycles. The Morgan fingerprint density at radius 3 is 2.65 bits per heavy atom. The van der Waals surface area contributed by atoms with Crippen LogP contribution >= 0.6 is 0 Å². The number of hydrogen-bond donors (Lipinski definition) is 1. The third-order valence-corrected chi connectivity index (χ3v) is 3.44. The molecule has 0 radical (unpaired) electrons. The number of halogens is 3. The predicted octanol–water partition coefficient (Wildman–Crippen LogP) is 2.41. The number of nitrogens with zero attached hydrogens (tertiary/aromatic N) is 2. The van der Waals surface area contributed by atoms with Gasteiger partial charge in [-0.3, -0.25) is 10.1 Å². The summed E-state index contributed by atoms with van der Waals surface area (Å²) < 4.78 is 38.6. The van der Waals surface area contributed by atoms with Gasteiger partial charge in [-0.2, -0.15) is 13.2 Å². The van der Waals surface area contributed by atoms with Crippen molar-refractivity contribution in [2.75, 3.05) is 25.0 Å². The Kier molecular flexibility index (Phi) is 3.85. The fourth-order valence-electron chi connectivity index (χ4n) is 2.34. The molecule has 0 aromatic heterocycles. The van der Waals surface area contributed by atoms with Gasteiger partial charge in [0.2, 0.25) is 0 Å². The van der Waals surface area contributed by atoms with Crippen LogP contribution in [0, 0.1) is 10.1 Å². The van der Waals surface area contributed by atoms with Crippen molar-refractivity contribution in [2.45, 2.75) is 18.6 Å². The fraction of sp³-hybridized carbons (Fsp3) is 0.500. The highest BCUT2D eigenvalue weighted by atomic mass is 19.4. The third-order valence-electron chi connectivity index (χ3n) is 3.44. The van der Waals surface area contributed by atoms with E-state index in [0.29, 0.717) is 18.8 Å². The Balaban J connectivity index is 2.35. The number of nitro benzene ring substituents is 1. The minimum atomic E-state index is -4.74. The van der Waals surface area contributed by atoms with Gasteiger partial charge in [0.15, 0.2) is 0 Å². The molecule has 1 N–H and O–H groups in total. The number of alkyl halides is 3. The van der Waals surface area contributed by atoms with E-state index < -0.39 is 22.4 Å². The SMILES string of the molecule is CNC1CCN(c2ccc([N+](=O)[O-])c(C(F)(F)F)c2)C1. The number of rotatable bonds is 3. The lowest BCUT2D eigenvalue weighted by Gasteiger charge is -2.20. The van der Waals surface area contributed by atoms with Crippen molar-refractivity contribution in [3.63, 3.8) is 0 Å². The third kappa shape index (κ3) is 2.84. The predicted molar refractivity (Wildman–Crippen MR) is 67.8 cm³/mol. The van der Waals surface area contributed by atoms with E-state index in [1.807, 2.05) is 0 Å². The Bertz CT molecular complexity index is 519. The summed E-state index contributed by atoms with van der Waals surface area (Å²) in [6, 6.07) is 3.37. The maximum atomic E-state index is 12.9. The highest BCUT2D eigenvalue weighted by molar-refractivity contribution is 5.57. The first-order chi connectivity index (χ1) is 9.32. The molecule has 1 aromatic rings. The Labute approximate surface area is 113 Å². The van der Waals surface area contributed by atoms with Gasteiger partial charge in [0.1, 0.15) is 5.56 Å². The van der Waals surface area contributed by atoms with Crippen LogP contribution in [0.25, 0.3) is 0 Å². The van der Waals surface area contributed by atoms with Crippen LogP contribution in [0.5, 0.6) is 0 Å². The molecular weight excluding hydrogens is 275 g/mol. The molecule has 1 saturated heterocycles. The van der Waals surface area contributed by atoms with Crippen LogP contribution in [0.15, 0.2) is 18.2 Å². The zero-order chi connectivity index (χ0) is 14.9. The van der Waals surface area contributed by atoms with E-state index in [1.54, 1.807) is 11.9 Å². The van der Waals surface area contributed by atoms with Crippen LogP contribution < -0.4 is 10.2 Å². The van der Waals surface area contributed by atoms with Gasteiger partial charge in [-0.1, -0.05) is 0 Å². The van der Waals surface area contributed by atoms with Crippen LogP contribution in [0.2, 0.25) is 0 Å². The van der Waals surface area contributed by atoms with Crippen molar-refractivity contribution >= 4 is 11.4 Å². The van der Waals surface area contributed by atoms with Crippen molar-refractivity contribution in [3.05, 3.63) is 33.9 Å². The number of benzene rings is 1. The molecule has 5 nitrogen and oxygen atoms in total. The first kappa shape index (κ1) is 14.6. The molecule has 1 aliphatic heterocycles. The molecule has 0 aliphatic carbocycles. The van der Waals surface area contributed by atoms with Crippen LogP contribution in [-0.4, -0.2) is 31.1 Å². The van der Waals surface area contributed by atoms with Gasteiger partial charge in [0, 0.05) is 30.9 Å². The van der Waals surface area contributed by atoms with E-state index >= 15 is 0 Å². The largest absolute Gasteiger partial charge is 0.423 e. The van der Waals surface area contributed by atoms with Gasteiger partial charge < -0.3 is 10.2 Å². The average molecular weight is 289 g/mol. The minimum Gasteiger partial charge on any atom is -0.370 e. The molecule has 2 rings (SSSR count). The summed E-state index contributed by atoms with van der Waals surface area (Å²) in [4.78, 5) is 11.5. The Hall–Kier alpha value is -1.83. The van der Waals surface area contributed by atoms with Crippen molar-refractivity contribution in [2.24, 2.45) is 0 Å². The highest BCUT2D eigenvalue weighted by Gasteiger charge is 2.39. The van der Waals surface area contributed by atoms with E-state index in [9.17, 15) is 23.3 Å². The fourth-order valence-corrected chi connectivity index (χ4v) is 2.34. The minimum absolute atomic E-state index is 0.222. The molecule has 20 heavy (non-hydrogen) atoms. The lowest BCUT2D eigenvalue weighted by atomic mass is 10.1. The van der Waals surface area contributed by atoms with E-state index in [-0.39, 0.29) is 6.04 Å². The molecule has 1 unspecified atom stereocenters. The Morgan fingerprint density at radius 1 is 1.45 bits per heavy atom. The highest BCUT2D eigenvalue weighted by Crippen LogP contribution is 2.38. The number of anilines is 1. The average Bonchev–Trinajstić information content (AvgIpc) is 2.85. The molecule has 0 saturated carbocycles. The van der Waals surface area contributed by atoms with E-state index in [2.05, 4.69) is 5.32 Å². The summed E-state index contributed by atoms with van der Waals surface area (Å²) >= 11 is 0. The van der Waals surface area contributed by atoms with Crippen molar-refractivity contribution in [1.82, 2.24) is 5.32 Å². The Morgan fingerprint density at radius 2 is 2.15 bits per heavy atom. The van der Waals surface area contributed by atoms with Gasteiger partial charge >= 0.3 is 6.18 Å². The molecule has 8 heteroatoms. The number of likely N-dealkylation sites (N-methyl/N-ethyl adjacent to an activating group) is 1.